The topological polar surface area (TPSA) is 14.8 Å². The van der Waals surface area contributed by atoms with Crippen molar-refractivity contribution in [1.29, 1.82) is 0 Å². The van der Waals surface area contributed by atoms with Crippen molar-refractivity contribution in [2.24, 2.45) is 0 Å². The largest absolute Gasteiger partial charge is 0.309 e. The molecule has 4 heterocycles. The van der Waals surface area contributed by atoms with Gasteiger partial charge < -0.3 is 13.7 Å². The Bertz CT molecular complexity index is 4130. The van der Waals surface area contributed by atoms with Gasteiger partial charge in [-0.05, 0) is 95.6 Å². The third-order valence-electron chi connectivity index (χ3n) is 13.3. The summed E-state index contributed by atoms with van der Waals surface area (Å²) in [7, 11) is 0. The predicted molar refractivity (Wildman–Crippen MR) is 271 cm³/mol. The highest BCUT2D eigenvalue weighted by Crippen LogP contribution is 2.46. The van der Waals surface area contributed by atoms with E-state index in [2.05, 4.69) is 232 Å². The number of aromatic nitrogens is 3. The van der Waals surface area contributed by atoms with Crippen LogP contribution in [0.5, 0.6) is 0 Å². The summed E-state index contributed by atoms with van der Waals surface area (Å²) in [6.45, 7) is 0. The number of hydrogen-bond donors (Lipinski definition) is 0. The smallest absolute Gasteiger partial charge is 0.0633 e. The van der Waals surface area contributed by atoms with Crippen LogP contribution in [0.3, 0.4) is 0 Å². The Hall–Kier alpha value is -8.36. The fourth-order valence-electron chi connectivity index (χ4n) is 10.5. The maximum atomic E-state index is 3.59. The molecule has 0 fully saturated rings. The Kier molecular flexibility index (Phi) is 7.48. The van der Waals surface area contributed by atoms with Crippen molar-refractivity contribution in [3.05, 3.63) is 224 Å². The molecule has 0 atom stereocenters. The van der Waals surface area contributed by atoms with Gasteiger partial charge in [-0.15, -0.1) is 11.3 Å². The van der Waals surface area contributed by atoms with Crippen molar-refractivity contribution in [3.8, 4) is 39.3 Å². The van der Waals surface area contributed by atoms with Crippen molar-refractivity contribution < 1.29 is 0 Å². The van der Waals surface area contributed by atoms with E-state index in [1.807, 2.05) is 17.4 Å². The lowest BCUT2D eigenvalue weighted by molar-refractivity contribution is 1.16. The maximum absolute atomic E-state index is 3.59. The monoisotopic (exact) mass is 829 g/mol. The lowest BCUT2D eigenvalue weighted by atomic mass is 9.97. The van der Waals surface area contributed by atoms with E-state index in [4.69, 9.17) is 0 Å². The zero-order valence-electron chi connectivity index (χ0n) is 34.5. The van der Waals surface area contributed by atoms with Crippen LogP contribution in [0.1, 0.15) is 0 Å². The fourth-order valence-corrected chi connectivity index (χ4v) is 11.6. The van der Waals surface area contributed by atoms with Gasteiger partial charge in [-0.1, -0.05) is 146 Å². The average molecular weight is 830 g/mol. The van der Waals surface area contributed by atoms with Gasteiger partial charge in [0, 0.05) is 64.0 Å². The highest BCUT2D eigenvalue weighted by molar-refractivity contribution is 7.25. The van der Waals surface area contributed by atoms with Gasteiger partial charge >= 0.3 is 0 Å². The minimum absolute atomic E-state index is 1.05. The molecule has 10 aromatic carbocycles. The van der Waals surface area contributed by atoms with E-state index >= 15 is 0 Å². The Morgan fingerprint density at radius 2 is 0.875 bits per heavy atom. The van der Waals surface area contributed by atoms with E-state index in [0.717, 1.165) is 33.2 Å². The van der Waals surface area contributed by atoms with Crippen LogP contribution in [0, 0.1) is 12.1 Å². The van der Waals surface area contributed by atoms with Crippen LogP contribution < -0.4 is 0 Å². The minimum Gasteiger partial charge on any atom is -0.309 e. The normalized spacial score (nSPS) is 11.9. The molecule has 0 N–H and O–H groups in total. The second-order valence-corrected chi connectivity index (χ2v) is 17.8. The molecular weight excluding hydrogens is 795 g/mol. The van der Waals surface area contributed by atoms with Crippen LogP contribution in [0.15, 0.2) is 212 Å². The van der Waals surface area contributed by atoms with Gasteiger partial charge in [-0.25, -0.2) is 0 Å². The molecular formula is C60H35N3S. The number of nitrogens with zero attached hydrogens (tertiary/aromatic N) is 3. The lowest BCUT2D eigenvalue weighted by Gasteiger charge is -2.17. The highest BCUT2D eigenvalue weighted by atomic mass is 32.1. The van der Waals surface area contributed by atoms with Gasteiger partial charge in [0.15, 0.2) is 0 Å². The first-order valence-corrected chi connectivity index (χ1v) is 22.6. The highest BCUT2D eigenvalue weighted by Gasteiger charge is 2.23. The molecule has 3 nitrogen and oxygen atoms in total. The first-order chi connectivity index (χ1) is 31.8. The van der Waals surface area contributed by atoms with Crippen LogP contribution in [-0.2, 0) is 0 Å². The van der Waals surface area contributed by atoms with Crippen molar-refractivity contribution in [2.75, 3.05) is 0 Å². The maximum Gasteiger partial charge on any atom is 0.0633 e. The second-order valence-electron chi connectivity index (χ2n) is 16.7. The number of rotatable bonds is 5. The third kappa shape index (κ3) is 5.05. The zero-order chi connectivity index (χ0) is 41.9. The minimum atomic E-state index is 1.05. The Morgan fingerprint density at radius 1 is 0.344 bits per heavy atom. The molecule has 0 radical (unpaired) electrons. The molecule has 0 bridgehead atoms. The van der Waals surface area contributed by atoms with E-state index in [0.29, 0.717) is 0 Å². The first kappa shape index (κ1) is 35.3. The molecule has 0 saturated carbocycles. The summed E-state index contributed by atoms with van der Waals surface area (Å²) in [5, 5.41) is 9.69. The molecule has 4 heteroatoms. The molecule has 0 aliphatic heterocycles. The standard InChI is InChI=1S/C60H35N3S/c1-2-14-38(15-3-1)39-26-28-40(29-27-39)43-32-35-58-59(48-20-8-13-25-57(48)64-58)60(43)63-54-24-12-7-19-47(54)50-37-42(31-34-56(50)63)62-53-23-11-6-18-46(53)49-36-41(30-33-55(49)62)61-51-21-9-4-16-44(51)45-17-5-10-22-52(45)61/h1-6,8-18,20-37H. The predicted octanol–water partition coefficient (Wildman–Crippen LogP) is 16.3. The average Bonchev–Trinajstić information content (AvgIpc) is 4.10. The zero-order valence-corrected chi connectivity index (χ0v) is 35.3. The van der Waals surface area contributed by atoms with Crippen molar-refractivity contribution in [3.63, 3.8) is 0 Å². The van der Waals surface area contributed by atoms with Crippen molar-refractivity contribution >= 4 is 96.9 Å². The second kappa shape index (κ2) is 13.6. The van der Waals surface area contributed by atoms with E-state index in [1.54, 1.807) is 0 Å². The molecule has 14 rings (SSSR count). The van der Waals surface area contributed by atoms with E-state index in [-0.39, 0.29) is 0 Å². The summed E-state index contributed by atoms with van der Waals surface area (Å²) in [5.74, 6) is 0. The quantitative estimate of drug-likeness (QED) is 0.164. The van der Waals surface area contributed by atoms with E-state index in [1.165, 1.54) is 91.7 Å². The van der Waals surface area contributed by atoms with E-state index < -0.39 is 0 Å². The molecule has 0 saturated heterocycles. The lowest BCUT2D eigenvalue weighted by Crippen LogP contribution is -1.99. The SMILES string of the molecule is c1ccc2c(c#1)c1cc(-n3c4ccccc4c4cc(-n5c6ccccc6c6ccccc65)ccc43)ccc1n2-c1c(-c2ccc(-c3ccccc3)cc2)ccc2sc3ccccc3c12. The van der Waals surface area contributed by atoms with Gasteiger partial charge in [-0.3, -0.25) is 0 Å². The van der Waals surface area contributed by atoms with Crippen LogP contribution in [-0.4, -0.2) is 13.7 Å². The Morgan fingerprint density at radius 3 is 1.56 bits per heavy atom. The van der Waals surface area contributed by atoms with Gasteiger partial charge in [0.1, 0.15) is 0 Å². The van der Waals surface area contributed by atoms with Gasteiger partial charge in [0.05, 0.1) is 44.2 Å². The first-order valence-electron chi connectivity index (χ1n) is 21.8. The number of thiophene rings is 1. The molecule has 0 amide bonds. The Balaban J connectivity index is 1.00. The fraction of sp³-hybridized carbons (Fsp3) is 0. The summed E-state index contributed by atoms with van der Waals surface area (Å²) in [4.78, 5) is 0. The molecule has 14 aromatic rings. The summed E-state index contributed by atoms with van der Waals surface area (Å²) >= 11 is 1.86. The molecule has 0 aliphatic rings. The van der Waals surface area contributed by atoms with Crippen molar-refractivity contribution in [1.82, 2.24) is 13.7 Å². The summed E-state index contributed by atoms with van der Waals surface area (Å²) in [6, 6.07) is 84.5. The summed E-state index contributed by atoms with van der Waals surface area (Å²) in [6.07, 6.45) is 0. The van der Waals surface area contributed by atoms with Crippen LogP contribution >= 0.6 is 11.3 Å². The number of hydrogen-bond acceptors (Lipinski definition) is 1. The van der Waals surface area contributed by atoms with Crippen LogP contribution in [0.4, 0.5) is 0 Å². The van der Waals surface area contributed by atoms with Crippen LogP contribution in [0.25, 0.3) is 125 Å². The Labute approximate surface area is 372 Å². The van der Waals surface area contributed by atoms with Gasteiger partial charge in [0.2, 0.25) is 0 Å². The molecule has 64 heavy (non-hydrogen) atoms. The van der Waals surface area contributed by atoms with Gasteiger partial charge in [-0.2, -0.15) is 0 Å². The molecule has 0 aliphatic carbocycles. The number of benzene rings is 9. The number of fused-ring (bicyclic) bond motifs is 12. The third-order valence-corrected chi connectivity index (χ3v) is 14.4. The number of para-hydroxylation sites is 3. The molecule has 0 spiro atoms. The van der Waals surface area contributed by atoms with Crippen LogP contribution in [0.2, 0.25) is 0 Å². The molecule has 0 unspecified atom stereocenters. The summed E-state index contributed by atoms with van der Waals surface area (Å²) in [5.41, 5.74) is 15.2. The summed E-state index contributed by atoms with van der Waals surface area (Å²) < 4.78 is 9.88. The van der Waals surface area contributed by atoms with E-state index in [9.17, 15) is 0 Å². The van der Waals surface area contributed by atoms with Gasteiger partial charge in [0.25, 0.3) is 0 Å². The molecule has 296 valence electrons. The molecule has 4 aromatic heterocycles. The van der Waals surface area contributed by atoms with Crippen molar-refractivity contribution in [2.45, 2.75) is 0 Å².